The third kappa shape index (κ3) is 6.22. The first-order valence-electron chi connectivity index (χ1n) is 13.9. The van der Waals surface area contributed by atoms with Crippen molar-refractivity contribution >= 4 is 11.6 Å². The third-order valence-electron chi connectivity index (χ3n) is 7.85. The van der Waals surface area contributed by atoms with Gasteiger partial charge in [-0.3, -0.25) is 9.59 Å². The molecule has 13 heteroatoms. The number of ether oxygens (including phenoxy) is 1. The maximum Gasteiger partial charge on any atom is 0.423 e. The number of rotatable bonds is 6. The monoisotopic (exact) mass is 583 g/mol. The van der Waals surface area contributed by atoms with E-state index in [-0.39, 0.29) is 18.2 Å². The van der Waals surface area contributed by atoms with Gasteiger partial charge in [0.25, 0.3) is 11.5 Å². The minimum Gasteiger partial charge on any atom is -0.491 e. The maximum atomic E-state index is 13.7. The molecule has 2 saturated heterocycles. The molecule has 1 atom stereocenters. The number of carbonyl (C=O) groups is 1. The van der Waals surface area contributed by atoms with Crippen LogP contribution in [0.25, 0.3) is 0 Å². The molecule has 3 aliphatic rings. The minimum atomic E-state index is -4.82. The molecule has 2 fully saturated rings. The van der Waals surface area contributed by atoms with Crippen LogP contribution >= 0.6 is 0 Å². The Balaban J connectivity index is 1.22. The summed E-state index contributed by atoms with van der Waals surface area (Å²) in [5, 5.41) is 14.6. The van der Waals surface area contributed by atoms with Crippen molar-refractivity contribution < 1.29 is 22.7 Å². The van der Waals surface area contributed by atoms with Gasteiger partial charge in [-0.05, 0) is 49.6 Å². The number of amides is 1. The van der Waals surface area contributed by atoms with Crippen LogP contribution in [0.2, 0.25) is 0 Å². The van der Waals surface area contributed by atoms with Gasteiger partial charge >= 0.3 is 6.18 Å². The minimum absolute atomic E-state index is 0.0883. The third-order valence-corrected chi connectivity index (χ3v) is 7.85. The highest BCUT2D eigenvalue weighted by Gasteiger charge is 2.40. The van der Waals surface area contributed by atoms with E-state index in [0.717, 1.165) is 18.4 Å². The van der Waals surface area contributed by atoms with E-state index in [1.54, 1.807) is 34.1 Å². The molecule has 3 aliphatic heterocycles. The maximum absolute atomic E-state index is 13.7. The molecule has 0 spiro atoms. The quantitative estimate of drug-likeness (QED) is 0.553. The Labute approximate surface area is 241 Å². The number of H-pyrrole nitrogens is 1. The molecule has 42 heavy (non-hydrogen) atoms. The van der Waals surface area contributed by atoms with E-state index in [1.165, 1.54) is 0 Å². The molecule has 1 amide bonds. The number of halogens is 3. The van der Waals surface area contributed by atoms with E-state index in [2.05, 4.69) is 16.1 Å². The molecule has 0 radical (unpaired) electrons. The number of carbonyl (C=O) groups excluding carboxylic acids is 1. The van der Waals surface area contributed by atoms with Gasteiger partial charge in [0, 0.05) is 50.9 Å². The Bertz CT molecular complexity index is 1470. The first-order valence-corrected chi connectivity index (χ1v) is 13.9. The largest absolute Gasteiger partial charge is 0.491 e. The van der Waals surface area contributed by atoms with E-state index in [0.29, 0.717) is 69.0 Å². The second kappa shape index (κ2) is 12.2. The fourth-order valence-corrected chi connectivity index (χ4v) is 5.72. The Hall–Kier alpha value is -4.47. The average molecular weight is 584 g/mol. The molecular weight excluding hydrogens is 551 g/mol. The van der Waals surface area contributed by atoms with Gasteiger partial charge in [-0.15, -0.1) is 0 Å². The molecule has 10 nitrogen and oxygen atoms in total. The van der Waals surface area contributed by atoms with E-state index in [9.17, 15) is 22.8 Å². The standard InChI is InChI=1S/C29H32F3N7O3/c1-36-18-20(16-33)8-9-25(36)37-11-13-38(14-12-37)28(41)21-5-4-7-23(15-21)42-19-22-6-2-3-10-39(22)24-17-34-35-27(40)26(24)29(30,31)32/h4-5,7-9,15,17,22H,2-3,6,10-14,18-19H2,1H3,(H,35,40). The lowest BCUT2D eigenvalue weighted by molar-refractivity contribution is -0.138. The van der Waals surface area contributed by atoms with Crippen molar-refractivity contribution in [1.29, 1.82) is 5.26 Å². The van der Waals surface area contributed by atoms with Crippen molar-refractivity contribution in [3.63, 3.8) is 0 Å². The summed E-state index contributed by atoms with van der Waals surface area (Å²) in [5.74, 6) is 1.34. The summed E-state index contributed by atoms with van der Waals surface area (Å²) < 4.78 is 47.2. The number of hydrogen-bond donors (Lipinski definition) is 1. The number of alkyl halides is 3. The number of benzene rings is 1. The number of nitrogens with zero attached hydrogens (tertiary/aromatic N) is 6. The van der Waals surface area contributed by atoms with Crippen molar-refractivity contribution in [3.8, 4) is 11.8 Å². The number of hydrogen-bond acceptors (Lipinski definition) is 8. The number of nitriles is 1. The van der Waals surface area contributed by atoms with Gasteiger partial charge < -0.3 is 24.3 Å². The van der Waals surface area contributed by atoms with Crippen molar-refractivity contribution in [2.75, 3.05) is 57.8 Å². The van der Waals surface area contributed by atoms with Crippen molar-refractivity contribution in [2.45, 2.75) is 31.5 Å². The molecule has 0 bridgehead atoms. The Kier molecular flexibility index (Phi) is 8.42. The van der Waals surface area contributed by atoms with Crippen molar-refractivity contribution in [3.05, 3.63) is 75.5 Å². The smallest absolute Gasteiger partial charge is 0.423 e. The van der Waals surface area contributed by atoms with Gasteiger partial charge in [-0.1, -0.05) is 6.07 Å². The zero-order valence-corrected chi connectivity index (χ0v) is 23.2. The van der Waals surface area contributed by atoms with Crippen LogP contribution in [0.4, 0.5) is 18.9 Å². The molecule has 1 aromatic heterocycles. The Morgan fingerprint density at radius 3 is 2.67 bits per heavy atom. The van der Waals surface area contributed by atoms with Crippen LogP contribution in [0.1, 0.15) is 35.2 Å². The van der Waals surface area contributed by atoms with Gasteiger partial charge in [0.15, 0.2) is 0 Å². The van der Waals surface area contributed by atoms with Crippen LogP contribution in [0.15, 0.2) is 58.8 Å². The van der Waals surface area contributed by atoms with E-state index < -0.39 is 23.3 Å². The van der Waals surface area contributed by atoms with Crippen molar-refractivity contribution in [2.24, 2.45) is 0 Å². The van der Waals surface area contributed by atoms with E-state index >= 15 is 0 Å². The van der Waals surface area contributed by atoms with E-state index in [1.807, 2.05) is 29.2 Å². The van der Waals surface area contributed by atoms with Crippen LogP contribution in [0.5, 0.6) is 5.75 Å². The lowest BCUT2D eigenvalue weighted by atomic mass is 10.0. The van der Waals surface area contributed by atoms with Gasteiger partial charge in [0.2, 0.25) is 0 Å². The van der Waals surface area contributed by atoms with Crippen LogP contribution in [-0.2, 0) is 6.18 Å². The molecule has 4 heterocycles. The predicted molar refractivity (Wildman–Crippen MR) is 149 cm³/mol. The number of aromatic amines is 1. The number of anilines is 1. The Morgan fingerprint density at radius 1 is 1.17 bits per heavy atom. The molecule has 0 saturated carbocycles. The number of nitrogens with one attached hydrogen (secondary N) is 1. The second-order valence-electron chi connectivity index (χ2n) is 10.6. The van der Waals surface area contributed by atoms with Gasteiger partial charge in [-0.2, -0.15) is 23.5 Å². The van der Waals surface area contributed by atoms with Gasteiger partial charge in [0.05, 0.1) is 30.5 Å². The average Bonchev–Trinajstić information content (AvgIpc) is 2.99. The highest BCUT2D eigenvalue weighted by atomic mass is 19.4. The lowest BCUT2D eigenvalue weighted by Gasteiger charge is -2.41. The molecule has 1 aromatic carbocycles. The van der Waals surface area contributed by atoms with Crippen LogP contribution < -0.4 is 15.2 Å². The topological polar surface area (TPSA) is 109 Å². The SMILES string of the molecule is CN1CC(C#N)=CC=C1N1CCN(C(=O)c2cccc(OCC3CCCCN3c3cn[nH]c(=O)c3C(F)(F)F)c2)CC1. The fraction of sp³-hybridized carbons (Fsp3) is 0.448. The second-order valence-corrected chi connectivity index (χ2v) is 10.6. The molecule has 1 unspecified atom stereocenters. The van der Waals surface area contributed by atoms with Crippen LogP contribution in [-0.4, -0.2) is 89.8 Å². The summed E-state index contributed by atoms with van der Waals surface area (Å²) in [6.07, 6.45) is 2.08. The molecule has 5 rings (SSSR count). The predicted octanol–water partition coefficient (Wildman–Crippen LogP) is 3.22. The van der Waals surface area contributed by atoms with Crippen LogP contribution in [0.3, 0.4) is 0 Å². The van der Waals surface area contributed by atoms with Gasteiger partial charge in [-0.25, -0.2) is 5.10 Å². The summed E-state index contributed by atoms with van der Waals surface area (Å²) in [6.45, 7) is 3.36. The number of likely N-dealkylation sites (N-methyl/N-ethyl adjacent to an activating group) is 1. The Morgan fingerprint density at radius 2 is 1.95 bits per heavy atom. The normalized spacial score (nSPS) is 19.6. The number of aromatic nitrogens is 2. The lowest BCUT2D eigenvalue weighted by Crippen LogP contribution is -2.50. The first kappa shape index (κ1) is 29.0. The molecule has 1 N–H and O–H groups in total. The van der Waals surface area contributed by atoms with Crippen LogP contribution in [0, 0.1) is 11.3 Å². The number of allylic oxidation sites excluding steroid dienone is 2. The highest BCUT2D eigenvalue weighted by molar-refractivity contribution is 5.94. The van der Waals surface area contributed by atoms with Gasteiger partial charge in [0.1, 0.15) is 23.7 Å². The summed E-state index contributed by atoms with van der Waals surface area (Å²) in [6, 6.07) is 8.60. The summed E-state index contributed by atoms with van der Waals surface area (Å²) in [4.78, 5) is 32.9. The molecule has 0 aliphatic carbocycles. The zero-order valence-electron chi connectivity index (χ0n) is 23.2. The zero-order chi connectivity index (χ0) is 29.9. The summed E-state index contributed by atoms with van der Waals surface area (Å²) in [5.41, 5.74) is -1.61. The van der Waals surface area contributed by atoms with Crippen molar-refractivity contribution in [1.82, 2.24) is 24.9 Å². The summed E-state index contributed by atoms with van der Waals surface area (Å²) >= 11 is 0. The summed E-state index contributed by atoms with van der Waals surface area (Å²) in [7, 11) is 1.94. The highest BCUT2D eigenvalue weighted by Crippen LogP contribution is 2.36. The molecular formula is C29H32F3N7O3. The fourth-order valence-electron chi connectivity index (χ4n) is 5.72. The first-order chi connectivity index (χ1) is 20.2. The number of piperidine rings is 1. The number of piperazine rings is 1. The molecule has 222 valence electrons. The van der Waals surface area contributed by atoms with E-state index in [4.69, 9.17) is 10.00 Å². The molecule has 2 aromatic rings.